The lowest BCUT2D eigenvalue weighted by Crippen LogP contribution is -2.50. The number of benzene rings is 2. The molecule has 2 unspecified atom stereocenters. The van der Waals surface area contributed by atoms with Crippen LogP contribution in [-0.4, -0.2) is 46.0 Å². The molecule has 0 N–H and O–H groups in total. The predicted molar refractivity (Wildman–Crippen MR) is 197 cm³/mol. The highest BCUT2D eigenvalue weighted by molar-refractivity contribution is 5.97. The Kier molecular flexibility index (Phi) is 10.3. The third kappa shape index (κ3) is 7.55. The van der Waals surface area contributed by atoms with Crippen LogP contribution >= 0.6 is 0 Å². The maximum absolute atomic E-state index is 13.5. The number of amides is 1. The number of likely N-dealkylation sites (tertiary alicyclic amines) is 1. The molecule has 3 heterocycles. The van der Waals surface area contributed by atoms with Crippen molar-refractivity contribution < 1.29 is 9.53 Å². The van der Waals surface area contributed by atoms with Gasteiger partial charge in [0.15, 0.2) is 0 Å². The fraction of sp³-hybridized carbons (Fsp3) is 0.500. The molecule has 0 bridgehead atoms. The van der Waals surface area contributed by atoms with Crippen molar-refractivity contribution in [2.45, 2.75) is 99.2 Å². The molecule has 1 fully saturated rings. The third-order valence-electron chi connectivity index (χ3n) is 10.9. The number of hydrogen-bond donors (Lipinski definition) is 0. The monoisotopic (exact) mass is 662 g/mol. The van der Waals surface area contributed by atoms with E-state index in [1.165, 1.54) is 22.3 Å². The van der Waals surface area contributed by atoms with Crippen molar-refractivity contribution in [3.05, 3.63) is 98.0 Å². The highest BCUT2D eigenvalue weighted by Crippen LogP contribution is 2.39. The average molecular weight is 663 g/mol. The van der Waals surface area contributed by atoms with Gasteiger partial charge >= 0.3 is 0 Å². The Morgan fingerprint density at radius 1 is 1.10 bits per heavy atom. The van der Waals surface area contributed by atoms with Crippen molar-refractivity contribution in [3.8, 4) is 22.9 Å². The summed E-state index contributed by atoms with van der Waals surface area (Å²) in [6, 6.07) is 15.1. The van der Waals surface area contributed by atoms with Crippen molar-refractivity contribution in [1.82, 2.24) is 14.4 Å². The van der Waals surface area contributed by atoms with E-state index in [1.807, 2.05) is 45.7 Å². The van der Waals surface area contributed by atoms with Crippen LogP contribution in [0, 0.1) is 36.5 Å². The van der Waals surface area contributed by atoms with E-state index in [4.69, 9.17) is 4.74 Å². The van der Waals surface area contributed by atoms with Gasteiger partial charge in [-0.05, 0) is 118 Å². The number of carbonyl (C=O) groups excluding carboxylic acids is 1. The van der Waals surface area contributed by atoms with E-state index >= 15 is 0 Å². The number of pyridine rings is 1. The van der Waals surface area contributed by atoms with Crippen LogP contribution in [0.4, 0.5) is 0 Å². The number of fused-ring (bicyclic) bond motifs is 1. The topological polar surface area (TPSA) is 78.6 Å². The normalized spacial score (nSPS) is 19.7. The van der Waals surface area contributed by atoms with Crippen LogP contribution in [0.1, 0.15) is 93.8 Å². The van der Waals surface area contributed by atoms with Crippen LogP contribution in [0.3, 0.4) is 0 Å². The lowest BCUT2D eigenvalue weighted by atomic mass is 9.79. The molecule has 1 aromatic heterocycles. The van der Waals surface area contributed by atoms with Crippen LogP contribution in [0.25, 0.3) is 11.1 Å². The van der Waals surface area contributed by atoms with Gasteiger partial charge in [0.25, 0.3) is 11.5 Å². The summed E-state index contributed by atoms with van der Waals surface area (Å²) < 4.78 is 7.59. The number of aromatic nitrogens is 1. The molecule has 3 aromatic rings. The zero-order valence-corrected chi connectivity index (χ0v) is 31.2. The maximum atomic E-state index is 13.5. The molecule has 1 saturated heterocycles. The number of methoxy groups -OCH3 is 1. The number of hydrogen-bond acceptors (Lipinski definition) is 5. The summed E-state index contributed by atoms with van der Waals surface area (Å²) in [6.45, 7) is 19.3. The number of rotatable bonds is 7. The minimum atomic E-state index is -0.244. The Morgan fingerprint density at radius 2 is 1.84 bits per heavy atom. The molecule has 49 heavy (non-hydrogen) atoms. The fourth-order valence-corrected chi connectivity index (χ4v) is 8.01. The Hall–Kier alpha value is -4.15. The quantitative estimate of drug-likeness (QED) is 0.190. The standard InChI is InChI=1S/C42H54N4O3/c1-27-28(2)39(47)44(9)26-37(27)31-14-15-32(38(21-31)49-10)20-30-16-18-45(42(7,8)22-30)25-33-12-11-13-35-29(3)46(19-17-36(33)35)40(48)34(24-43)23-41(4,5)6/h11-15,21,23,26,29-30H,16-20,22,25H2,1-10H3/b34-23+. The molecular weight excluding hydrogens is 608 g/mol. The SMILES string of the molecule is COc1cc(-c2cn(C)c(=O)c(C)c2C)ccc1CC1CCN(Cc2cccc3c2CCN(C(=O)/C(C#N)=C/C(C)(C)C)C3C)C(C)(C)C1. The summed E-state index contributed by atoms with van der Waals surface area (Å²) in [5.41, 5.74) is 9.05. The lowest BCUT2D eigenvalue weighted by Gasteiger charge is -2.46. The molecule has 5 rings (SSSR count). The molecule has 2 aromatic carbocycles. The summed E-state index contributed by atoms with van der Waals surface area (Å²) in [6.07, 6.45) is 7.67. The van der Waals surface area contributed by atoms with Gasteiger partial charge in [-0.2, -0.15) is 5.26 Å². The molecule has 0 radical (unpaired) electrons. The van der Waals surface area contributed by atoms with E-state index in [-0.39, 0.29) is 34.0 Å². The molecule has 260 valence electrons. The molecule has 0 saturated carbocycles. The van der Waals surface area contributed by atoms with Gasteiger partial charge in [0.1, 0.15) is 17.4 Å². The van der Waals surface area contributed by atoms with Gasteiger partial charge in [-0.1, -0.05) is 57.2 Å². The highest BCUT2D eigenvalue weighted by Gasteiger charge is 2.37. The Balaban J connectivity index is 1.29. The summed E-state index contributed by atoms with van der Waals surface area (Å²) in [4.78, 5) is 30.4. The van der Waals surface area contributed by atoms with Crippen molar-refractivity contribution in [1.29, 1.82) is 5.26 Å². The second kappa shape index (κ2) is 14.0. The van der Waals surface area contributed by atoms with Crippen molar-refractivity contribution in [2.75, 3.05) is 20.2 Å². The summed E-state index contributed by atoms with van der Waals surface area (Å²) in [7, 11) is 3.55. The number of nitriles is 1. The molecule has 2 aliphatic heterocycles. The van der Waals surface area contributed by atoms with E-state index < -0.39 is 0 Å². The van der Waals surface area contributed by atoms with E-state index in [0.717, 1.165) is 66.8 Å². The van der Waals surface area contributed by atoms with Gasteiger partial charge in [-0.25, -0.2) is 0 Å². The first-order valence-corrected chi connectivity index (χ1v) is 17.7. The molecule has 2 aliphatic rings. The molecule has 7 heteroatoms. The largest absolute Gasteiger partial charge is 0.496 e. The molecule has 0 aliphatic carbocycles. The first-order valence-electron chi connectivity index (χ1n) is 17.7. The number of carbonyl (C=O) groups is 1. The Bertz CT molecular complexity index is 1870. The summed E-state index contributed by atoms with van der Waals surface area (Å²) in [5.74, 6) is 1.26. The Morgan fingerprint density at radius 3 is 2.49 bits per heavy atom. The average Bonchev–Trinajstić information content (AvgIpc) is 3.05. The summed E-state index contributed by atoms with van der Waals surface area (Å²) >= 11 is 0. The first-order chi connectivity index (χ1) is 23.0. The van der Waals surface area contributed by atoms with E-state index in [2.05, 4.69) is 68.1 Å². The molecule has 2 atom stereocenters. The van der Waals surface area contributed by atoms with Gasteiger partial charge in [-0.15, -0.1) is 0 Å². The maximum Gasteiger partial charge on any atom is 0.264 e. The molecule has 0 spiro atoms. The molecule has 1 amide bonds. The smallest absolute Gasteiger partial charge is 0.264 e. The van der Waals surface area contributed by atoms with Crippen molar-refractivity contribution >= 4 is 5.91 Å². The van der Waals surface area contributed by atoms with E-state index in [1.54, 1.807) is 24.8 Å². The third-order valence-corrected chi connectivity index (χ3v) is 10.9. The van der Waals surface area contributed by atoms with Gasteiger partial charge < -0.3 is 14.2 Å². The number of ether oxygens (including phenoxy) is 1. The van der Waals surface area contributed by atoms with Crippen molar-refractivity contribution in [2.24, 2.45) is 18.4 Å². The predicted octanol–water partition coefficient (Wildman–Crippen LogP) is 7.85. The van der Waals surface area contributed by atoms with Crippen LogP contribution in [0.15, 0.2) is 59.0 Å². The fourth-order valence-electron chi connectivity index (χ4n) is 8.01. The van der Waals surface area contributed by atoms with Gasteiger partial charge in [0.05, 0.1) is 13.2 Å². The zero-order chi connectivity index (χ0) is 35.8. The zero-order valence-electron chi connectivity index (χ0n) is 31.2. The van der Waals surface area contributed by atoms with E-state index in [9.17, 15) is 14.9 Å². The second-order valence-electron chi connectivity index (χ2n) is 16.0. The molecule has 7 nitrogen and oxygen atoms in total. The number of aryl methyl sites for hydroxylation is 1. The number of allylic oxidation sites excluding steroid dienone is 1. The summed E-state index contributed by atoms with van der Waals surface area (Å²) in [5, 5.41) is 9.78. The van der Waals surface area contributed by atoms with Crippen LogP contribution in [-0.2, 0) is 31.2 Å². The van der Waals surface area contributed by atoms with Crippen molar-refractivity contribution in [3.63, 3.8) is 0 Å². The van der Waals surface area contributed by atoms with Gasteiger partial charge in [0, 0.05) is 43.0 Å². The van der Waals surface area contributed by atoms with Crippen LogP contribution in [0.5, 0.6) is 5.75 Å². The molecular formula is C42H54N4O3. The minimum Gasteiger partial charge on any atom is -0.496 e. The lowest BCUT2D eigenvalue weighted by molar-refractivity contribution is -0.129. The van der Waals surface area contributed by atoms with Crippen LogP contribution in [0.2, 0.25) is 0 Å². The van der Waals surface area contributed by atoms with Crippen LogP contribution < -0.4 is 10.3 Å². The number of nitrogens with zero attached hydrogens (tertiary/aromatic N) is 4. The Labute approximate surface area is 293 Å². The minimum absolute atomic E-state index is 0.0179. The van der Waals surface area contributed by atoms with Gasteiger partial charge in [-0.3, -0.25) is 14.5 Å². The van der Waals surface area contributed by atoms with E-state index in [0.29, 0.717) is 12.5 Å². The number of piperidine rings is 1. The first kappa shape index (κ1) is 36.1. The second-order valence-corrected chi connectivity index (χ2v) is 16.0. The highest BCUT2D eigenvalue weighted by atomic mass is 16.5. The van der Waals surface area contributed by atoms with Gasteiger partial charge in [0.2, 0.25) is 0 Å².